The molecule has 0 saturated heterocycles. The van der Waals surface area contributed by atoms with E-state index < -0.39 is 53.8 Å². The van der Waals surface area contributed by atoms with Gasteiger partial charge in [-0.3, -0.25) is 19.2 Å². The van der Waals surface area contributed by atoms with Crippen LogP contribution >= 0.6 is 0 Å². The number of phenols is 2. The highest BCUT2D eigenvalue weighted by molar-refractivity contribution is 5.95. The summed E-state index contributed by atoms with van der Waals surface area (Å²) in [7, 11) is 0. The van der Waals surface area contributed by atoms with Gasteiger partial charge in [0.2, 0.25) is 23.6 Å². The number of aromatic hydroxyl groups is 2. The average molecular weight is 696 g/mol. The summed E-state index contributed by atoms with van der Waals surface area (Å²) in [6.07, 6.45) is -0.0567. The number of benzene rings is 4. The van der Waals surface area contributed by atoms with Crippen LogP contribution in [0.4, 0.5) is 0 Å². The lowest BCUT2D eigenvalue weighted by molar-refractivity contribution is -0.142. The number of carbonyl (C=O) groups excluding carboxylic acids is 4. The monoisotopic (exact) mass is 695 g/mol. The Morgan fingerprint density at radius 3 is 1.14 bits per heavy atom. The maximum Gasteiger partial charge on any atom is 0.326 e. The molecule has 13 nitrogen and oxygen atoms in total. The number of carbonyl (C=O) groups is 5. The van der Waals surface area contributed by atoms with Crippen molar-refractivity contribution in [2.45, 2.75) is 49.9 Å². The summed E-state index contributed by atoms with van der Waals surface area (Å²) in [6, 6.07) is 24.6. The Morgan fingerprint density at radius 2 is 0.784 bits per heavy atom. The predicted molar refractivity (Wildman–Crippen MR) is 188 cm³/mol. The molecule has 266 valence electrons. The van der Waals surface area contributed by atoms with Gasteiger partial charge in [0.05, 0.1) is 6.54 Å². The molecule has 51 heavy (non-hydrogen) atoms. The van der Waals surface area contributed by atoms with Crippen LogP contribution in [0.1, 0.15) is 22.3 Å². The fourth-order valence-electron chi connectivity index (χ4n) is 5.33. The van der Waals surface area contributed by atoms with Crippen LogP contribution < -0.4 is 27.0 Å². The Labute approximate surface area is 294 Å². The van der Waals surface area contributed by atoms with Crippen molar-refractivity contribution >= 4 is 29.6 Å². The van der Waals surface area contributed by atoms with Crippen LogP contribution in [0.3, 0.4) is 0 Å². The van der Waals surface area contributed by atoms with Crippen LogP contribution in [0, 0.1) is 0 Å². The third-order valence-electron chi connectivity index (χ3n) is 8.04. The van der Waals surface area contributed by atoms with Gasteiger partial charge < -0.3 is 42.3 Å². The van der Waals surface area contributed by atoms with Crippen LogP contribution in [-0.2, 0) is 49.7 Å². The molecule has 13 heteroatoms. The Balaban J connectivity index is 1.60. The first-order valence-electron chi connectivity index (χ1n) is 16.3. The summed E-state index contributed by atoms with van der Waals surface area (Å²) in [5.41, 5.74) is 8.05. The highest BCUT2D eigenvalue weighted by Crippen LogP contribution is 2.14. The number of rotatable bonds is 17. The summed E-state index contributed by atoms with van der Waals surface area (Å²) in [5.74, 6) is -4.07. The SMILES string of the molecule is NCC(=O)N[C@H](Cc1ccc(O)cc1)C(=O)N[C@H](Cc1ccccc1)C(=O)N[C@H](Cc1ccc(O)cc1)C(=O)N[C@H](Cc1ccccc1)C(=O)O. The van der Waals surface area contributed by atoms with Crippen LogP contribution in [0.15, 0.2) is 109 Å². The van der Waals surface area contributed by atoms with Crippen molar-refractivity contribution in [2.75, 3.05) is 6.54 Å². The zero-order valence-corrected chi connectivity index (χ0v) is 27.7. The lowest BCUT2D eigenvalue weighted by Gasteiger charge is -2.26. The van der Waals surface area contributed by atoms with Crippen molar-refractivity contribution in [3.63, 3.8) is 0 Å². The van der Waals surface area contributed by atoms with Gasteiger partial charge in [0.25, 0.3) is 0 Å². The Hall–Kier alpha value is -6.21. The van der Waals surface area contributed by atoms with Gasteiger partial charge in [-0.2, -0.15) is 0 Å². The molecule has 4 rings (SSSR count). The van der Waals surface area contributed by atoms with E-state index in [4.69, 9.17) is 5.73 Å². The normalized spacial score (nSPS) is 13.1. The standard InChI is InChI=1S/C38H41N5O8/c39-23-34(46)40-30(20-26-11-15-28(44)16-12-26)35(47)41-31(19-24-7-3-1-4-8-24)36(48)42-32(21-27-13-17-29(45)18-14-27)37(49)43-33(38(50)51)22-25-9-5-2-6-10-25/h1-18,30-33,44-45H,19-23,39H2,(H,40,46)(H,41,47)(H,42,48)(H,43,49)(H,50,51)/t30-,31-,32-,33-/m1/s1. The Kier molecular flexibility index (Phi) is 13.7. The third-order valence-corrected chi connectivity index (χ3v) is 8.04. The molecule has 0 aliphatic rings. The van der Waals surface area contributed by atoms with E-state index in [1.165, 1.54) is 24.3 Å². The molecule has 0 unspecified atom stereocenters. The molecule has 0 aromatic heterocycles. The molecule has 4 aromatic carbocycles. The van der Waals surface area contributed by atoms with E-state index in [-0.39, 0.29) is 43.7 Å². The average Bonchev–Trinajstić information content (AvgIpc) is 3.12. The van der Waals surface area contributed by atoms with Crippen molar-refractivity contribution in [3.8, 4) is 11.5 Å². The van der Waals surface area contributed by atoms with Gasteiger partial charge >= 0.3 is 5.97 Å². The highest BCUT2D eigenvalue weighted by atomic mass is 16.4. The Bertz CT molecular complexity index is 1770. The molecule has 4 aromatic rings. The number of carboxylic acid groups (broad SMARTS) is 1. The molecule has 0 aliphatic heterocycles. The van der Waals surface area contributed by atoms with Gasteiger partial charge in [0.1, 0.15) is 35.7 Å². The summed E-state index contributed by atoms with van der Waals surface area (Å²) >= 11 is 0. The van der Waals surface area contributed by atoms with Gasteiger partial charge in [-0.15, -0.1) is 0 Å². The first-order chi connectivity index (χ1) is 24.5. The zero-order valence-electron chi connectivity index (χ0n) is 27.7. The number of nitrogens with two attached hydrogens (primary N) is 1. The fourth-order valence-corrected chi connectivity index (χ4v) is 5.33. The van der Waals surface area contributed by atoms with Crippen molar-refractivity contribution in [3.05, 3.63) is 131 Å². The molecule has 9 N–H and O–H groups in total. The van der Waals surface area contributed by atoms with Crippen LogP contribution in [0.25, 0.3) is 0 Å². The largest absolute Gasteiger partial charge is 0.508 e. The number of nitrogens with one attached hydrogen (secondary N) is 4. The number of aliphatic carboxylic acids is 1. The summed E-state index contributed by atoms with van der Waals surface area (Å²) in [4.78, 5) is 66.0. The van der Waals surface area contributed by atoms with Crippen molar-refractivity contribution in [1.29, 1.82) is 0 Å². The molecule has 0 saturated carbocycles. The molecular formula is C38H41N5O8. The number of hydrogen-bond acceptors (Lipinski definition) is 8. The first-order valence-corrected chi connectivity index (χ1v) is 16.3. The molecule has 0 bridgehead atoms. The van der Waals surface area contributed by atoms with E-state index in [1.807, 2.05) is 0 Å². The van der Waals surface area contributed by atoms with E-state index >= 15 is 0 Å². The summed E-state index contributed by atoms with van der Waals surface area (Å²) in [6.45, 7) is -0.386. The fraction of sp³-hybridized carbons (Fsp3) is 0.237. The van der Waals surface area contributed by atoms with Crippen LogP contribution in [-0.4, -0.2) is 75.6 Å². The van der Waals surface area contributed by atoms with Crippen LogP contribution in [0.5, 0.6) is 11.5 Å². The predicted octanol–water partition coefficient (Wildman–Crippen LogP) is 1.35. The Morgan fingerprint density at radius 1 is 0.471 bits per heavy atom. The molecule has 4 atom stereocenters. The minimum Gasteiger partial charge on any atom is -0.508 e. The minimum atomic E-state index is -1.31. The lowest BCUT2D eigenvalue weighted by atomic mass is 10.0. The van der Waals surface area contributed by atoms with E-state index in [9.17, 15) is 39.3 Å². The van der Waals surface area contributed by atoms with E-state index in [0.717, 1.165) is 0 Å². The molecular weight excluding hydrogens is 654 g/mol. The maximum atomic E-state index is 14.1. The second kappa shape index (κ2) is 18.5. The molecule has 0 spiro atoms. The number of amides is 4. The second-order valence-electron chi connectivity index (χ2n) is 12.0. The van der Waals surface area contributed by atoms with Gasteiger partial charge in [-0.1, -0.05) is 84.9 Å². The maximum absolute atomic E-state index is 14.1. The second-order valence-corrected chi connectivity index (χ2v) is 12.0. The first kappa shape index (κ1) is 37.6. The molecule has 0 radical (unpaired) electrons. The molecule has 4 amide bonds. The quantitative estimate of drug-likeness (QED) is 0.0798. The third kappa shape index (κ3) is 12.0. The summed E-state index contributed by atoms with van der Waals surface area (Å²) in [5, 5.41) is 40.0. The van der Waals surface area contributed by atoms with Gasteiger partial charge in [0.15, 0.2) is 0 Å². The van der Waals surface area contributed by atoms with Crippen LogP contribution in [0.2, 0.25) is 0 Å². The van der Waals surface area contributed by atoms with Crippen molar-refractivity contribution in [1.82, 2.24) is 21.3 Å². The van der Waals surface area contributed by atoms with E-state index in [2.05, 4.69) is 21.3 Å². The van der Waals surface area contributed by atoms with E-state index in [1.54, 1.807) is 84.9 Å². The highest BCUT2D eigenvalue weighted by Gasteiger charge is 2.32. The number of phenolic OH excluding ortho intramolecular Hbond substituents is 2. The lowest BCUT2D eigenvalue weighted by Crippen LogP contribution is -2.59. The number of hydrogen-bond donors (Lipinski definition) is 8. The van der Waals surface area contributed by atoms with Crippen molar-refractivity contribution < 1.29 is 39.3 Å². The topological polar surface area (TPSA) is 220 Å². The van der Waals surface area contributed by atoms with Gasteiger partial charge in [0, 0.05) is 25.7 Å². The smallest absolute Gasteiger partial charge is 0.326 e. The van der Waals surface area contributed by atoms with E-state index in [0.29, 0.717) is 22.3 Å². The zero-order chi connectivity index (χ0) is 36.8. The van der Waals surface area contributed by atoms with Gasteiger partial charge in [-0.25, -0.2) is 4.79 Å². The molecule has 0 heterocycles. The number of carboxylic acids is 1. The molecule has 0 aliphatic carbocycles. The molecule has 0 fully saturated rings. The minimum absolute atomic E-state index is 0.00758. The van der Waals surface area contributed by atoms with Gasteiger partial charge in [-0.05, 0) is 46.5 Å². The summed E-state index contributed by atoms with van der Waals surface area (Å²) < 4.78 is 0. The van der Waals surface area contributed by atoms with Crippen molar-refractivity contribution in [2.24, 2.45) is 5.73 Å².